The van der Waals surface area contributed by atoms with Gasteiger partial charge in [0.05, 0.1) is 5.69 Å². The van der Waals surface area contributed by atoms with Crippen molar-refractivity contribution in [3.8, 4) is 0 Å². The van der Waals surface area contributed by atoms with Gasteiger partial charge in [-0.2, -0.15) is 0 Å². The number of hydrogen-bond acceptors (Lipinski definition) is 5. The number of anilines is 1. The van der Waals surface area contributed by atoms with E-state index < -0.39 is 12.0 Å². The molecule has 2 heterocycles. The maximum Gasteiger partial charge on any atom is 0.326 e. The zero-order valence-electron chi connectivity index (χ0n) is 10.1. The number of aliphatic carboxylic acids is 1. The highest BCUT2D eigenvalue weighted by atomic mass is 32.1. The fraction of sp³-hybridized carbons (Fsp3) is 0.231. The van der Waals surface area contributed by atoms with Gasteiger partial charge in [-0.15, -0.1) is 11.3 Å². The van der Waals surface area contributed by atoms with E-state index in [1.54, 1.807) is 5.38 Å². The smallest absolute Gasteiger partial charge is 0.326 e. The van der Waals surface area contributed by atoms with E-state index >= 15 is 0 Å². The maximum atomic E-state index is 10.8. The van der Waals surface area contributed by atoms with Crippen molar-refractivity contribution < 1.29 is 9.90 Å². The first-order valence-corrected chi connectivity index (χ1v) is 6.78. The van der Waals surface area contributed by atoms with Crippen LogP contribution in [0.5, 0.6) is 0 Å². The second-order valence-corrected chi connectivity index (χ2v) is 5.33. The predicted octanol–water partition coefficient (Wildman–Crippen LogP) is 1.75. The third-order valence-electron chi connectivity index (χ3n) is 3.21. The Labute approximate surface area is 114 Å². The van der Waals surface area contributed by atoms with E-state index in [0.29, 0.717) is 5.69 Å². The summed E-state index contributed by atoms with van der Waals surface area (Å²) in [4.78, 5) is 17.3. The molecule has 0 radical (unpaired) electrons. The molecule has 5 nitrogen and oxygen atoms in total. The number of hydrogen-bond donors (Lipinski definition) is 2. The Morgan fingerprint density at radius 1 is 1.37 bits per heavy atom. The number of nitrogens with two attached hydrogens (primary N) is 1. The van der Waals surface area contributed by atoms with Gasteiger partial charge < -0.3 is 15.7 Å². The van der Waals surface area contributed by atoms with Gasteiger partial charge in [-0.25, -0.2) is 4.98 Å². The zero-order chi connectivity index (χ0) is 13.4. The van der Waals surface area contributed by atoms with Crippen LogP contribution in [0.2, 0.25) is 0 Å². The summed E-state index contributed by atoms with van der Waals surface area (Å²) in [6.07, 6.45) is 0. The minimum Gasteiger partial charge on any atom is -0.480 e. The molecule has 0 amide bonds. The van der Waals surface area contributed by atoms with Crippen LogP contribution >= 0.6 is 11.3 Å². The van der Waals surface area contributed by atoms with Crippen molar-refractivity contribution in [2.75, 3.05) is 4.90 Å². The van der Waals surface area contributed by atoms with E-state index in [4.69, 9.17) is 10.8 Å². The normalized spacial score (nSPS) is 15.3. The molecule has 0 saturated carbocycles. The molecule has 0 spiro atoms. The van der Waals surface area contributed by atoms with Gasteiger partial charge in [0.1, 0.15) is 6.04 Å². The van der Waals surface area contributed by atoms with Gasteiger partial charge in [0, 0.05) is 18.5 Å². The molecule has 3 N–H and O–H groups in total. The molecule has 0 fully saturated rings. The minimum absolute atomic E-state index is 0.420. The molecule has 19 heavy (non-hydrogen) atoms. The van der Waals surface area contributed by atoms with Crippen molar-refractivity contribution in [1.29, 1.82) is 0 Å². The summed E-state index contributed by atoms with van der Waals surface area (Å²) < 4.78 is 0. The van der Waals surface area contributed by atoms with E-state index in [2.05, 4.69) is 22.0 Å². The van der Waals surface area contributed by atoms with E-state index in [1.165, 1.54) is 22.5 Å². The SMILES string of the molecule is NC(C(=O)O)c1csc(N2Cc3ccccc3C2)n1. The summed E-state index contributed by atoms with van der Waals surface area (Å²) >= 11 is 1.43. The number of nitrogens with zero attached hydrogens (tertiary/aromatic N) is 2. The average Bonchev–Trinajstić information content (AvgIpc) is 3.03. The Bertz CT molecular complexity index is 601. The second kappa shape index (κ2) is 4.64. The number of carbonyl (C=O) groups is 1. The quantitative estimate of drug-likeness (QED) is 0.892. The molecule has 98 valence electrons. The van der Waals surface area contributed by atoms with Crippen LogP contribution in [0.15, 0.2) is 29.6 Å². The van der Waals surface area contributed by atoms with E-state index in [9.17, 15) is 4.79 Å². The summed E-state index contributed by atoms with van der Waals surface area (Å²) in [5.74, 6) is -1.05. The number of rotatable bonds is 3. The van der Waals surface area contributed by atoms with Crippen LogP contribution in [0, 0.1) is 0 Å². The van der Waals surface area contributed by atoms with Gasteiger partial charge in [-0.1, -0.05) is 24.3 Å². The number of benzene rings is 1. The van der Waals surface area contributed by atoms with Gasteiger partial charge in [-0.3, -0.25) is 4.79 Å². The van der Waals surface area contributed by atoms with Crippen molar-refractivity contribution in [3.63, 3.8) is 0 Å². The van der Waals surface area contributed by atoms with Crippen LogP contribution in [0.1, 0.15) is 22.9 Å². The molecule has 1 aromatic heterocycles. The number of carboxylic acid groups (broad SMARTS) is 1. The van der Waals surface area contributed by atoms with Crippen LogP contribution in [0.25, 0.3) is 0 Å². The van der Waals surface area contributed by atoms with Crippen LogP contribution in [-0.2, 0) is 17.9 Å². The lowest BCUT2D eigenvalue weighted by Crippen LogP contribution is -2.21. The van der Waals surface area contributed by atoms with Crippen LogP contribution < -0.4 is 10.6 Å². The molecule has 3 rings (SSSR count). The van der Waals surface area contributed by atoms with Gasteiger partial charge in [0.15, 0.2) is 5.13 Å². The van der Waals surface area contributed by atoms with Crippen LogP contribution in [-0.4, -0.2) is 16.1 Å². The minimum atomic E-state index is -1.05. The molecule has 0 bridgehead atoms. The summed E-state index contributed by atoms with van der Waals surface area (Å²) in [6, 6.07) is 7.21. The first-order valence-electron chi connectivity index (χ1n) is 5.90. The predicted molar refractivity (Wildman–Crippen MR) is 73.0 cm³/mol. The fourth-order valence-electron chi connectivity index (χ4n) is 2.16. The third kappa shape index (κ3) is 2.20. The molecule has 2 aromatic rings. The fourth-order valence-corrected chi connectivity index (χ4v) is 3.02. The Balaban J connectivity index is 1.81. The molecule has 1 atom stereocenters. The Morgan fingerprint density at radius 2 is 2.00 bits per heavy atom. The molecule has 1 aromatic carbocycles. The van der Waals surface area contributed by atoms with Crippen LogP contribution in [0.3, 0.4) is 0 Å². The third-order valence-corrected chi connectivity index (χ3v) is 4.13. The molecule has 1 unspecified atom stereocenters. The lowest BCUT2D eigenvalue weighted by atomic mass is 10.1. The van der Waals surface area contributed by atoms with Gasteiger partial charge in [0.2, 0.25) is 0 Å². The number of carboxylic acids is 1. The van der Waals surface area contributed by atoms with Crippen molar-refractivity contribution in [1.82, 2.24) is 4.98 Å². The van der Waals surface area contributed by atoms with Crippen molar-refractivity contribution in [2.45, 2.75) is 19.1 Å². The Morgan fingerprint density at radius 3 is 2.58 bits per heavy atom. The average molecular weight is 275 g/mol. The molecule has 0 saturated heterocycles. The molecular weight excluding hydrogens is 262 g/mol. The number of thiazole rings is 1. The molecular formula is C13H13N3O2S. The van der Waals surface area contributed by atoms with Gasteiger partial charge >= 0.3 is 5.97 Å². The standard InChI is InChI=1S/C13H13N3O2S/c14-11(12(17)18)10-7-19-13(15-10)16-5-8-3-1-2-4-9(8)6-16/h1-4,7,11H,5-6,14H2,(H,17,18). The number of aromatic nitrogens is 1. The van der Waals surface area contributed by atoms with Gasteiger partial charge in [0.25, 0.3) is 0 Å². The highest BCUT2D eigenvalue weighted by molar-refractivity contribution is 7.13. The first-order chi connectivity index (χ1) is 9.15. The van der Waals surface area contributed by atoms with Crippen molar-refractivity contribution >= 4 is 22.4 Å². The molecule has 6 heteroatoms. The van der Waals surface area contributed by atoms with Gasteiger partial charge in [-0.05, 0) is 11.1 Å². The second-order valence-electron chi connectivity index (χ2n) is 4.50. The Kier molecular flexibility index (Phi) is 2.96. The Hall–Kier alpha value is -1.92. The van der Waals surface area contributed by atoms with Crippen molar-refractivity contribution in [3.05, 3.63) is 46.5 Å². The lowest BCUT2D eigenvalue weighted by molar-refractivity contribution is -0.138. The molecule has 0 aliphatic carbocycles. The first kappa shape index (κ1) is 12.1. The summed E-state index contributed by atoms with van der Waals surface area (Å²) in [5.41, 5.74) is 8.57. The highest BCUT2D eigenvalue weighted by Gasteiger charge is 2.23. The largest absolute Gasteiger partial charge is 0.480 e. The van der Waals surface area contributed by atoms with Crippen molar-refractivity contribution in [2.24, 2.45) is 5.73 Å². The van der Waals surface area contributed by atoms with Crippen LogP contribution in [0.4, 0.5) is 5.13 Å². The van der Waals surface area contributed by atoms with E-state index in [-0.39, 0.29) is 0 Å². The molecule has 1 aliphatic rings. The summed E-state index contributed by atoms with van der Waals surface area (Å²) in [5, 5.41) is 11.4. The molecule has 1 aliphatic heterocycles. The van der Waals surface area contributed by atoms with E-state index in [0.717, 1.165) is 18.2 Å². The maximum absolute atomic E-state index is 10.8. The van der Waals surface area contributed by atoms with E-state index in [1.807, 2.05) is 12.1 Å². The zero-order valence-corrected chi connectivity index (χ0v) is 10.9. The lowest BCUT2D eigenvalue weighted by Gasteiger charge is -2.13. The number of fused-ring (bicyclic) bond motifs is 1. The highest BCUT2D eigenvalue weighted by Crippen LogP contribution is 2.31. The summed E-state index contributed by atoms with van der Waals surface area (Å²) in [6.45, 7) is 1.62. The summed E-state index contributed by atoms with van der Waals surface area (Å²) in [7, 11) is 0. The topological polar surface area (TPSA) is 79.5 Å². The monoisotopic (exact) mass is 275 g/mol.